The molecule has 2 atom stereocenters. The minimum absolute atomic E-state index is 0.193. The maximum atomic E-state index is 12.4. The summed E-state index contributed by atoms with van der Waals surface area (Å²) in [7, 11) is -3.21. The Bertz CT molecular complexity index is 595. The van der Waals surface area contributed by atoms with Gasteiger partial charge in [0, 0.05) is 6.61 Å². The van der Waals surface area contributed by atoms with Crippen molar-refractivity contribution in [1.82, 2.24) is 0 Å². The van der Waals surface area contributed by atoms with E-state index in [1.54, 1.807) is 12.1 Å². The molecule has 2 fully saturated rings. The van der Waals surface area contributed by atoms with Gasteiger partial charge in [0.15, 0.2) is 9.84 Å². The van der Waals surface area contributed by atoms with Gasteiger partial charge in [-0.1, -0.05) is 19.1 Å². The molecule has 1 aliphatic heterocycles. The Morgan fingerprint density at radius 2 is 2.00 bits per heavy atom. The van der Waals surface area contributed by atoms with Crippen LogP contribution in [0.15, 0.2) is 29.2 Å². The minimum atomic E-state index is -3.21. The number of para-hydroxylation sites is 1. The molecule has 0 amide bonds. The Hall–Kier alpha value is -1.07. The van der Waals surface area contributed by atoms with Gasteiger partial charge in [-0.25, -0.2) is 8.42 Å². The number of nitrogens with one attached hydrogen (secondary N) is 1. The van der Waals surface area contributed by atoms with Crippen molar-refractivity contribution in [1.29, 1.82) is 0 Å². The van der Waals surface area contributed by atoms with Gasteiger partial charge in [-0.3, -0.25) is 0 Å². The van der Waals surface area contributed by atoms with Gasteiger partial charge in [0.1, 0.15) is 0 Å². The van der Waals surface area contributed by atoms with Crippen LogP contribution in [0.4, 0.5) is 5.69 Å². The smallest absolute Gasteiger partial charge is 0.180 e. The molecule has 1 aromatic rings. The molecular weight excluding hydrogens is 286 g/mol. The maximum absolute atomic E-state index is 12.4. The molecule has 1 saturated carbocycles. The van der Waals surface area contributed by atoms with Crippen molar-refractivity contribution in [2.45, 2.75) is 49.6 Å². The normalized spacial score (nSPS) is 26.0. The number of hydrogen-bond donors (Lipinski definition) is 1. The molecule has 21 heavy (non-hydrogen) atoms. The van der Waals surface area contributed by atoms with Crippen LogP contribution in [0.2, 0.25) is 0 Å². The third-order valence-corrected chi connectivity index (χ3v) is 6.23. The second kappa shape index (κ2) is 5.97. The van der Waals surface area contributed by atoms with E-state index in [0.29, 0.717) is 17.2 Å². The fraction of sp³-hybridized carbons (Fsp3) is 0.625. The molecule has 2 unspecified atom stereocenters. The predicted octanol–water partition coefficient (Wildman–Crippen LogP) is 2.85. The lowest BCUT2D eigenvalue weighted by Gasteiger charge is -2.22. The summed E-state index contributed by atoms with van der Waals surface area (Å²) >= 11 is 0. The van der Waals surface area contributed by atoms with E-state index in [-0.39, 0.29) is 17.9 Å². The Morgan fingerprint density at radius 3 is 2.71 bits per heavy atom. The van der Waals surface area contributed by atoms with Gasteiger partial charge >= 0.3 is 0 Å². The number of sulfone groups is 1. The molecule has 0 spiro atoms. The molecule has 0 aromatic heterocycles. The maximum Gasteiger partial charge on any atom is 0.180 e. The first-order valence-electron chi connectivity index (χ1n) is 7.82. The number of hydrogen-bond acceptors (Lipinski definition) is 4. The summed E-state index contributed by atoms with van der Waals surface area (Å²) in [5.74, 6) is 0.850. The molecule has 5 heteroatoms. The van der Waals surface area contributed by atoms with Crippen molar-refractivity contribution in [2.24, 2.45) is 5.92 Å². The third kappa shape index (κ3) is 3.24. The average molecular weight is 309 g/mol. The molecule has 1 saturated heterocycles. The lowest BCUT2D eigenvalue weighted by Crippen LogP contribution is -2.31. The van der Waals surface area contributed by atoms with Crippen LogP contribution in [0, 0.1) is 5.92 Å². The van der Waals surface area contributed by atoms with E-state index in [0.717, 1.165) is 18.7 Å². The number of rotatable bonds is 6. The lowest BCUT2D eigenvalue weighted by atomic mass is 10.1. The quantitative estimate of drug-likeness (QED) is 0.878. The minimum Gasteiger partial charge on any atom is -0.379 e. The highest BCUT2D eigenvalue weighted by Crippen LogP contribution is 2.40. The fourth-order valence-electron chi connectivity index (χ4n) is 3.09. The van der Waals surface area contributed by atoms with Crippen molar-refractivity contribution in [2.75, 3.05) is 17.7 Å². The molecule has 3 rings (SSSR count). The zero-order chi connectivity index (χ0) is 14.9. The van der Waals surface area contributed by atoms with Gasteiger partial charge < -0.3 is 10.1 Å². The standard InChI is InChI=1S/C16H23NO3S/c1-2-11-21(18,19)15-6-4-3-5-13(15)17-14-9-10-20-16(14)12-7-8-12/h3-6,12,14,16-17H,2,7-11H2,1H3. The van der Waals surface area contributed by atoms with Gasteiger partial charge in [-0.15, -0.1) is 0 Å². The zero-order valence-electron chi connectivity index (χ0n) is 12.4. The zero-order valence-corrected chi connectivity index (χ0v) is 13.2. The van der Waals surface area contributed by atoms with Crippen molar-refractivity contribution < 1.29 is 13.2 Å². The van der Waals surface area contributed by atoms with Crippen LogP contribution in [-0.2, 0) is 14.6 Å². The van der Waals surface area contributed by atoms with Crippen molar-refractivity contribution >= 4 is 15.5 Å². The van der Waals surface area contributed by atoms with Crippen LogP contribution in [0.3, 0.4) is 0 Å². The van der Waals surface area contributed by atoms with Crippen LogP contribution >= 0.6 is 0 Å². The second-order valence-corrected chi connectivity index (χ2v) is 8.10. The Balaban J connectivity index is 1.82. The molecule has 1 heterocycles. The predicted molar refractivity (Wildman–Crippen MR) is 83.3 cm³/mol. The Labute approximate surface area is 126 Å². The van der Waals surface area contributed by atoms with Gasteiger partial charge in [0.25, 0.3) is 0 Å². The largest absolute Gasteiger partial charge is 0.379 e. The van der Waals surface area contributed by atoms with Gasteiger partial charge in [-0.2, -0.15) is 0 Å². The summed E-state index contributed by atoms with van der Waals surface area (Å²) < 4.78 is 30.6. The highest BCUT2D eigenvalue weighted by Gasteiger charge is 2.40. The Morgan fingerprint density at radius 1 is 1.24 bits per heavy atom. The topological polar surface area (TPSA) is 55.4 Å². The van der Waals surface area contributed by atoms with Crippen LogP contribution < -0.4 is 5.32 Å². The van der Waals surface area contributed by atoms with E-state index in [4.69, 9.17) is 4.74 Å². The molecule has 116 valence electrons. The number of ether oxygens (including phenoxy) is 1. The summed E-state index contributed by atoms with van der Waals surface area (Å²) in [5.41, 5.74) is 0.729. The van der Waals surface area contributed by atoms with Crippen molar-refractivity contribution in [3.05, 3.63) is 24.3 Å². The molecule has 1 aliphatic carbocycles. The molecule has 1 N–H and O–H groups in total. The summed E-state index contributed by atoms with van der Waals surface area (Å²) in [5, 5.41) is 3.44. The first kappa shape index (κ1) is 14.9. The van der Waals surface area contributed by atoms with Gasteiger partial charge in [-0.05, 0) is 43.7 Å². The van der Waals surface area contributed by atoms with E-state index in [9.17, 15) is 8.42 Å². The van der Waals surface area contributed by atoms with E-state index in [2.05, 4.69) is 5.32 Å². The van der Waals surface area contributed by atoms with Crippen LogP contribution in [0.1, 0.15) is 32.6 Å². The van der Waals surface area contributed by atoms with Crippen LogP contribution in [0.5, 0.6) is 0 Å². The van der Waals surface area contributed by atoms with Crippen LogP contribution in [-0.4, -0.2) is 32.9 Å². The van der Waals surface area contributed by atoms with E-state index in [1.807, 2.05) is 19.1 Å². The van der Waals surface area contributed by atoms with Crippen molar-refractivity contribution in [3.8, 4) is 0 Å². The molecule has 1 aromatic carbocycles. The molecule has 4 nitrogen and oxygen atoms in total. The lowest BCUT2D eigenvalue weighted by molar-refractivity contribution is 0.0898. The van der Waals surface area contributed by atoms with E-state index < -0.39 is 9.84 Å². The molecule has 2 aliphatic rings. The van der Waals surface area contributed by atoms with Gasteiger partial charge in [0.2, 0.25) is 0 Å². The van der Waals surface area contributed by atoms with Crippen LogP contribution in [0.25, 0.3) is 0 Å². The molecular formula is C16H23NO3S. The number of benzene rings is 1. The summed E-state index contributed by atoms with van der Waals surface area (Å²) in [6.45, 7) is 2.66. The highest BCUT2D eigenvalue weighted by atomic mass is 32.2. The summed E-state index contributed by atoms with van der Waals surface area (Å²) in [6, 6.07) is 7.47. The number of anilines is 1. The fourth-order valence-corrected chi connectivity index (χ4v) is 4.60. The first-order chi connectivity index (χ1) is 10.1. The Kier molecular flexibility index (Phi) is 4.22. The molecule has 0 radical (unpaired) electrons. The first-order valence-corrected chi connectivity index (χ1v) is 9.47. The SMILES string of the molecule is CCCS(=O)(=O)c1ccccc1NC1CCOC1C1CC1. The monoisotopic (exact) mass is 309 g/mol. The summed E-state index contributed by atoms with van der Waals surface area (Å²) in [4.78, 5) is 0.424. The van der Waals surface area contributed by atoms with E-state index >= 15 is 0 Å². The van der Waals surface area contributed by atoms with Gasteiger partial charge in [0.05, 0.1) is 28.5 Å². The van der Waals surface area contributed by atoms with E-state index in [1.165, 1.54) is 12.8 Å². The average Bonchev–Trinajstić information content (AvgIpc) is 3.20. The highest BCUT2D eigenvalue weighted by molar-refractivity contribution is 7.91. The third-order valence-electron chi connectivity index (χ3n) is 4.26. The summed E-state index contributed by atoms with van der Waals surface area (Å²) in [6.07, 6.45) is 4.29. The van der Waals surface area contributed by atoms with Crippen molar-refractivity contribution in [3.63, 3.8) is 0 Å². The second-order valence-electron chi connectivity index (χ2n) is 6.03. The molecule has 0 bridgehead atoms.